The molecule has 0 fully saturated rings. The smallest absolute Gasteiger partial charge is 0.174 e. The lowest BCUT2D eigenvalue weighted by Crippen LogP contribution is -2.03. The van der Waals surface area contributed by atoms with Gasteiger partial charge in [0.05, 0.1) is 11.0 Å². The average Bonchev–Trinajstić information content (AvgIpc) is 2.53. The number of hydrogen-bond donors (Lipinski definition) is 2. The van der Waals surface area contributed by atoms with E-state index in [1.54, 1.807) is 0 Å². The lowest BCUT2D eigenvalue weighted by atomic mass is 10.1. The second-order valence-corrected chi connectivity index (χ2v) is 5.35. The number of rotatable bonds is 4. The fraction of sp³-hybridized carbons (Fsp3) is 0.222. The summed E-state index contributed by atoms with van der Waals surface area (Å²) in [7, 11) is 1.86. The quantitative estimate of drug-likeness (QED) is 0.753. The first kappa shape index (κ1) is 14.3. The van der Waals surface area contributed by atoms with E-state index < -0.39 is 0 Å². The predicted octanol–water partition coefficient (Wildman–Crippen LogP) is 4.29. The molecule has 3 rings (SSSR count). The van der Waals surface area contributed by atoms with Crippen molar-refractivity contribution in [2.45, 2.75) is 20.3 Å². The summed E-state index contributed by atoms with van der Waals surface area (Å²) in [6, 6.07) is 14.4. The van der Waals surface area contributed by atoms with E-state index >= 15 is 0 Å². The van der Waals surface area contributed by atoms with E-state index in [0.29, 0.717) is 0 Å². The lowest BCUT2D eigenvalue weighted by Gasteiger charge is -2.13. The average molecular weight is 292 g/mol. The highest BCUT2D eigenvalue weighted by molar-refractivity contribution is 5.81. The van der Waals surface area contributed by atoms with E-state index in [-0.39, 0.29) is 0 Å². The van der Waals surface area contributed by atoms with E-state index in [9.17, 15) is 0 Å². The van der Waals surface area contributed by atoms with Crippen LogP contribution in [-0.4, -0.2) is 17.0 Å². The predicted molar refractivity (Wildman–Crippen MR) is 92.9 cm³/mol. The van der Waals surface area contributed by atoms with Gasteiger partial charge in [0.25, 0.3) is 0 Å². The zero-order valence-electron chi connectivity index (χ0n) is 13.1. The number of aryl methyl sites for hydroxylation is 2. The molecule has 0 bridgehead atoms. The topological polar surface area (TPSA) is 49.8 Å². The SMILES string of the molecule is CCc1cc(C)cc(Nc2nc3ccccc3nc2NC)c1. The van der Waals surface area contributed by atoms with Crippen molar-refractivity contribution < 1.29 is 0 Å². The Kier molecular flexibility index (Phi) is 3.92. The Morgan fingerprint density at radius 2 is 1.64 bits per heavy atom. The zero-order valence-corrected chi connectivity index (χ0v) is 13.1. The van der Waals surface area contributed by atoms with Gasteiger partial charge in [-0.15, -0.1) is 0 Å². The highest BCUT2D eigenvalue weighted by Crippen LogP contribution is 2.25. The molecular formula is C18H20N4. The van der Waals surface area contributed by atoms with Gasteiger partial charge in [0, 0.05) is 12.7 Å². The molecule has 0 radical (unpaired) electrons. The van der Waals surface area contributed by atoms with Crippen LogP contribution in [0.1, 0.15) is 18.1 Å². The number of anilines is 3. The van der Waals surface area contributed by atoms with Crippen molar-refractivity contribution in [3.8, 4) is 0 Å². The summed E-state index contributed by atoms with van der Waals surface area (Å²) in [4.78, 5) is 9.31. The Labute approximate surface area is 130 Å². The Balaban J connectivity index is 2.04. The van der Waals surface area contributed by atoms with Gasteiger partial charge in [0.15, 0.2) is 11.6 Å². The number of fused-ring (bicyclic) bond motifs is 1. The molecule has 3 aromatic rings. The van der Waals surface area contributed by atoms with Crippen LogP contribution in [0.3, 0.4) is 0 Å². The van der Waals surface area contributed by atoms with Crippen molar-refractivity contribution in [3.63, 3.8) is 0 Å². The highest BCUT2D eigenvalue weighted by atomic mass is 15.1. The first-order valence-electron chi connectivity index (χ1n) is 7.51. The molecule has 0 unspecified atom stereocenters. The minimum Gasteiger partial charge on any atom is -0.370 e. The van der Waals surface area contributed by atoms with Crippen molar-refractivity contribution in [1.82, 2.24) is 9.97 Å². The molecule has 0 amide bonds. The number of nitrogens with one attached hydrogen (secondary N) is 2. The summed E-state index contributed by atoms with van der Waals surface area (Å²) in [5, 5.41) is 6.51. The molecule has 0 saturated heterocycles. The molecule has 1 heterocycles. The fourth-order valence-electron chi connectivity index (χ4n) is 2.54. The van der Waals surface area contributed by atoms with E-state index in [1.807, 2.05) is 31.3 Å². The Morgan fingerprint density at radius 1 is 0.955 bits per heavy atom. The highest BCUT2D eigenvalue weighted by Gasteiger charge is 2.08. The summed E-state index contributed by atoms with van der Waals surface area (Å²) < 4.78 is 0. The molecule has 0 aliphatic heterocycles. The molecular weight excluding hydrogens is 272 g/mol. The normalized spacial score (nSPS) is 10.7. The summed E-state index contributed by atoms with van der Waals surface area (Å²) >= 11 is 0. The summed E-state index contributed by atoms with van der Waals surface area (Å²) in [6.45, 7) is 4.27. The van der Waals surface area contributed by atoms with Gasteiger partial charge >= 0.3 is 0 Å². The Bertz CT molecular complexity index is 811. The summed E-state index contributed by atoms with van der Waals surface area (Å²) in [5.74, 6) is 1.49. The molecule has 0 spiro atoms. The molecule has 1 aromatic heterocycles. The monoisotopic (exact) mass is 292 g/mol. The number of aromatic nitrogens is 2. The van der Waals surface area contributed by atoms with Crippen LogP contribution in [0.25, 0.3) is 11.0 Å². The van der Waals surface area contributed by atoms with Crippen molar-refractivity contribution in [1.29, 1.82) is 0 Å². The van der Waals surface area contributed by atoms with Crippen LogP contribution in [-0.2, 0) is 6.42 Å². The fourth-order valence-corrected chi connectivity index (χ4v) is 2.54. The maximum atomic E-state index is 4.69. The molecule has 0 atom stereocenters. The molecule has 22 heavy (non-hydrogen) atoms. The maximum absolute atomic E-state index is 4.69. The molecule has 0 aliphatic rings. The summed E-state index contributed by atoms with van der Waals surface area (Å²) in [6.07, 6.45) is 1.01. The standard InChI is InChI=1S/C18H20N4/c1-4-13-9-12(2)10-14(11-13)20-18-17(19-3)21-15-7-5-6-8-16(15)22-18/h5-11H,4H2,1-3H3,(H,19,21)(H,20,22). The first-order valence-corrected chi connectivity index (χ1v) is 7.51. The minimum atomic E-state index is 0.744. The molecule has 2 N–H and O–H groups in total. The van der Waals surface area contributed by atoms with Crippen LogP contribution < -0.4 is 10.6 Å². The van der Waals surface area contributed by atoms with Gasteiger partial charge in [-0.1, -0.05) is 25.1 Å². The van der Waals surface area contributed by atoms with E-state index in [0.717, 1.165) is 34.8 Å². The van der Waals surface area contributed by atoms with Gasteiger partial charge in [0.2, 0.25) is 0 Å². The minimum absolute atomic E-state index is 0.744. The second-order valence-electron chi connectivity index (χ2n) is 5.35. The number of hydrogen-bond acceptors (Lipinski definition) is 4. The number of para-hydroxylation sites is 2. The molecule has 2 aromatic carbocycles. The molecule has 4 nitrogen and oxygen atoms in total. The van der Waals surface area contributed by atoms with E-state index in [4.69, 9.17) is 4.98 Å². The van der Waals surface area contributed by atoms with Crippen LogP contribution in [0.2, 0.25) is 0 Å². The molecule has 0 aliphatic carbocycles. The van der Waals surface area contributed by atoms with Crippen molar-refractivity contribution in [2.24, 2.45) is 0 Å². The largest absolute Gasteiger partial charge is 0.370 e. The van der Waals surface area contributed by atoms with Gasteiger partial charge < -0.3 is 10.6 Å². The van der Waals surface area contributed by atoms with E-state index in [1.165, 1.54) is 11.1 Å². The van der Waals surface area contributed by atoms with Gasteiger partial charge in [-0.3, -0.25) is 0 Å². The van der Waals surface area contributed by atoms with Crippen LogP contribution in [0.15, 0.2) is 42.5 Å². The lowest BCUT2D eigenvalue weighted by molar-refractivity contribution is 1.13. The Morgan fingerprint density at radius 3 is 2.27 bits per heavy atom. The second kappa shape index (κ2) is 6.02. The van der Waals surface area contributed by atoms with Gasteiger partial charge in [-0.2, -0.15) is 0 Å². The van der Waals surface area contributed by atoms with Crippen molar-refractivity contribution in [3.05, 3.63) is 53.6 Å². The van der Waals surface area contributed by atoms with Crippen molar-refractivity contribution >= 4 is 28.4 Å². The first-order chi connectivity index (χ1) is 10.7. The third kappa shape index (κ3) is 2.86. The van der Waals surface area contributed by atoms with Gasteiger partial charge in [0.1, 0.15) is 0 Å². The van der Waals surface area contributed by atoms with Gasteiger partial charge in [-0.05, 0) is 48.7 Å². The maximum Gasteiger partial charge on any atom is 0.174 e. The zero-order chi connectivity index (χ0) is 15.5. The molecule has 0 saturated carbocycles. The summed E-state index contributed by atoms with van der Waals surface area (Å²) in [5.41, 5.74) is 5.35. The number of benzene rings is 2. The third-order valence-corrected chi connectivity index (χ3v) is 3.62. The molecule has 112 valence electrons. The Hall–Kier alpha value is -2.62. The number of nitrogens with zero attached hydrogens (tertiary/aromatic N) is 2. The van der Waals surface area contributed by atoms with Crippen molar-refractivity contribution in [2.75, 3.05) is 17.7 Å². The van der Waals surface area contributed by atoms with Crippen LogP contribution in [0.4, 0.5) is 17.3 Å². The van der Waals surface area contributed by atoms with Crippen LogP contribution in [0, 0.1) is 6.92 Å². The van der Waals surface area contributed by atoms with Crippen LogP contribution in [0.5, 0.6) is 0 Å². The molecule has 4 heteroatoms. The third-order valence-electron chi connectivity index (χ3n) is 3.62. The van der Waals surface area contributed by atoms with E-state index in [2.05, 4.69) is 47.7 Å². The van der Waals surface area contributed by atoms with Gasteiger partial charge in [-0.25, -0.2) is 9.97 Å². The van der Waals surface area contributed by atoms with Crippen LogP contribution >= 0.6 is 0 Å².